The monoisotopic (exact) mass is 156 g/mol. The Hall–Kier alpha value is -1.36. The Kier molecular flexibility index (Phi) is 1.91. The van der Waals surface area contributed by atoms with E-state index in [1.54, 1.807) is 0 Å². The summed E-state index contributed by atoms with van der Waals surface area (Å²) in [5.74, 6) is -0.428. The van der Waals surface area contributed by atoms with Crippen LogP contribution in [0.5, 0.6) is 0 Å². The van der Waals surface area contributed by atoms with Gasteiger partial charge in [-0.1, -0.05) is 12.7 Å². The SMILES string of the molecule is C=CC(N)N1C(=O)COC1=O. The first-order valence-electron chi connectivity index (χ1n) is 3.03. The Labute approximate surface area is 63.4 Å². The van der Waals surface area contributed by atoms with E-state index in [-0.39, 0.29) is 6.61 Å². The van der Waals surface area contributed by atoms with Crippen LogP contribution in [-0.4, -0.2) is 29.7 Å². The zero-order valence-corrected chi connectivity index (χ0v) is 5.82. The van der Waals surface area contributed by atoms with Gasteiger partial charge in [0.25, 0.3) is 5.91 Å². The summed E-state index contributed by atoms with van der Waals surface area (Å²) < 4.78 is 4.41. The summed E-state index contributed by atoms with van der Waals surface area (Å²) >= 11 is 0. The number of nitrogens with two attached hydrogens (primary N) is 1. The molecule has 11 heavy (non-hydrogen) atoms. The summed E-state index contributed by atoms with van der Waals surface area (Å²) in [6.45, 7) is 3.13. The largest absolute Gasteiger partial charge is 0.439 e. The van der Waals surface area contributed by atoms with E-state index in [2.05, 4.69) is 11.3 Å². The quantitative estimate of drug-likeness (QED) is 0.544. The molecule has 0 bridgehead atoms. The number of cyclic esters (lactones) is 1. The van der Waals surface area contributed by atoms with Gasteiger partial charge in [0, 0.05) is 0 Å². The normalized spacial score (nSPS) is 19.9. The molecule has 1 atom stereocenters. The number of carbonyl (C=O) groups excluding carboxylic acids is 2. The lowest BCUT2D eigenvalue weighted by atomic mass is 10.4. The van der Waals surface area contributed by atoms with Crippen LogP contribution in [0.4, 0.5) is 4.79 Å². The van der Waals surface area contributed by atoms with Gasteiger partial charge in [-0.05, 0) is 0 Å². The molecule has 0 spiro atoms. The van der Waals surface area contributed by atoms with Crippen molar-refractivity contribution in [2.24, 2.45) is 5.73 Å². The molecule has 1 aliphatic heterocycles. The first-order chi connectivity index (χ1) is 5.16. The maximum atomic E-state index is 10.8. The smallest absolute Gasteiger partial charge is 0.418 e. The van der Waals surface area contributed by atoms with E-state index in [9.17, 15) is 9.59 Å². The van der Waals surface area contributed by atoms with Crippen molar-refractivity contribution in [2.45, 2.75) is 6.17 Å². The molecule has 1 saturated heterocycles. The molecular weight excluding hydrogens is 148 g/mol. The van der Waals surface area contributed by atoms with E-state index >= 15 is 0 Å². The maximum absolute atomic E-state index is 10.8. The van der Waals surface area contributed by atoms with E-state index in [0.29, 0.717) is 0 Å². The standard InChI is InChI=1S/C6H8N2O3/c1-2-4(7)8-5(9)3-11-6(8)10/h2,4H,1,3,7H2. The van der Waals surface area contributed by atoms with Crippen molar-refractivity contribution in [2.75, 3.05) is 6.61 Å². The molecule has 60 valence electrons. The molecule has 0 radical (unpaired) electrons. The highest BCUT2D eigenvalue weighted by Crippen LogP contribution is 2.07. The number of hydrogen-bond donors (Lipinski definition) is 1. The summed E-state index contributed by atoms with van der Waals surface area (Å²) in [4.78, 5) is 22.4. The number of hydrogen-bond acceptors (Lipinski definition) is 4. The van der Waals surface area contributed by atoms with Crippen LogP contribution in [-0.2, 0) is 9.53 Å². The van der Waals surface area contributed by atoms with Crippen LogP contribution in [0, 0.1) is 0 Å². The minimum absolute atomic E-state index is 0.222. The van der Waals surface area contributed by atoms with Gasteiger partial charge in [0.05, 0.1) is 0 Å². The highest BCUT2D eigenvalue weighted by molar-refractivity contribution is 5.98. The molecule has 1 unspecified atom stereocenters. The van der Waals surface area contributed by atoms with E-state index in [1.807, 2.05) is 0 Å². The molecule has 1 fully saturated rings. The minimum atomic E-state index is -0.780. The number of imide groups is 1. The molecule has 1 heterocycles. The first kappa shape index (κ1) is 7.74. The van der Waals surface area contributed by atoms with Crippen LogP contribution in [0.1, 0.15) is 0 Å². The molecule has 0 aromatic heterocycles. The van der Waals surface area contributed by atoms with Gasteiger partial charge in [-0.2, -0.15) is 0 Å². The summed E-state index contributed by atoms with van der Waals surface area (Å²) in [6.07, 6.45) is -0.190. The average Bonchev–Trinajstić information content (AvgIpc) is 2.30. The molecule has 0 saturated carbocycles. The molecule has 1 aliphatic rings. The number of ether oxygens (including phenoxy) is 1. The third-order valence-electron chi connectivity index (χ3n) is 1.32. The molecule has 0 aromatic carbocycles. The molecule has 0 aromatic rings. The van der Waals surface area contributed by atoms with E-state index < -0.39 is 18.2 Å². The fourth-order valence-corrected chi connectivity index (χ4v) is 0.758. The molecule has 5 nitrogen and oxygen atoms in total. The van der Waals surface area contributed by atoms with Crippen molar-refractivity contribution < 1.29 is 14.3 Å². The third-order valence-corrected chi connectivity index (χ3v) is 1.32. The average molecular weight is 156 g/mol. The fraction of sp³-hybridized carbons (Fsp3) is 0.333. The van der Waals surface area contributed by atoms with E-state index in [4.69, 9.17) is 5.73 Å². The van der Waals surface area contributed by atoms with Crippen LogP contribution >= 0.6 is 0 Å². The zero-order chi connectivity index (χ0) is 8.43. The Bertz CT molecular complexity index is 198. The van der Waals surface area contributed by atoms with Gasteiger partial charge in [-0.3, -0.25) is 4.79 Å². The molecule has 5 heteroatoms. The van der Waals surface area contributed by atoms with Crippen molar-refractivity contribution in [3.63, 3.8) is 0 Å². The van der Waals surface area contributed by atoms with Crippen LogP contribution in [0.25, 0.3) is 0 Å². The Morgan fingerprint density at radius 3 is 2.73 bits per heavy atom. The highest BCUT2D eigenvalue weighted by atomic mass is 16.6. The second kappa shape index (κ2) is 2.71. The molecule has 2 N–H and O–H groups in total. The third kappa shape index (κ3) is 1.22. The van der Waals surface area contributed by atoms with E-state index in [1.165, 1.54) is 6.08 Å². The second-order valence-corrected chi connectivity index (χ2v) is 2.04. The van der Waals surface area contributed by atoms with Crippen LogP contribution in [0.15, 0.2) is 12.7 Å². The molecule has 0 aliphatic carbocycles. The summed E-state index contributed by atoms with van der Waals surface area (Å²) in [6, 6.07) is 0. The van der Waals surface area contributed by atoms with Gasteiger partial charge >= 0.3 is 6.09 Å². The fourth-order valence-electron chi connectivity index (χ4n) is 0.758. The Balaban J connectivity index is 2.75. The van der Waals surface area contributed by atoms with Crippen LogP contribution < -0.4 is 5.73 Å². The number of nitrogens with zero attached hydrogens (tertiary/aromatic N) is 1. The van der Waals surface area contributed by atoms with Gasteiger partial charge in [0.1, 0.15) is 6.17 Å². The van der Waals surface area contributed by atoms with Crippen molar-refractivity contribution in [1.29, 1.82) is 0 Å². The lowest BCUT2D eigenvalue weighted by Gasteiger charge is -2.14. The number of rotatable bonds is 2. The number of amides is 2. The van der Waals surface area contributed by atoms with Gasteiger partial charge in [-0.15, -0.1) is 0 Å². The Morgan fingerprint density at radius 2 is 2.36 bits per heavy atom. The van der Waals surface area contributed by atoms with Crippen LogP contribution in [0.2, 0.25) is 0 Å². The van der Waals surface area contributed by atoms with Crippen LogP contribution in [0.3, 0.4) is 0 Å². The molecular formula is C6H8N2O3. The topological polar surface area (TPSA) is 72.6 Å². The summed E-state index contributed by atoms with van der Waals surface area (Å²) in [5, 5.41) is 0. The first-order valence-corrected chi connectivity index (χ1v) is 3.03. The maximum Gasteiger partial charge on any atom is 0.418 e. The van der Waals surface area contributed by atoms with Crippen molar-refractivity contribution >= 4 is 12.0 Å². The lowest BCUT2D eigenvalue weighted by Crippen LogP contribution is -2.43. The summed E-state index contributed by atoms with van der Waals surface area (Å²) in [5.41, 5.74) is 5.35. The summed E-state index contributed by atoms with van der Waals surface area (Å²) in [7, 11) is 0. The van der Waals surface area contributed by atoms with Crippen molar-refractivity contribution in [1.82, 2.24) is 4.90 Å². The predicted molar refractivity (Wildman–Crippen MR) is 36.4 cm³/mol. The van der Waals surface area contributed by atoms with Gasteiger partial charge in [-0.25, -0.2) is 9.69 Å². The van der Waals surface area contributed by atoms with Gasteiger partial charge in [0.15, 0.2) is 6.61 Å². The van der Waals surface area contributed by atoms with Crippen molar-refractivity contribution in [3.8, 4) is 0 Å². The van der Waals surface area contributed by atoms with Gasteiger partial charge in [0.2, 0.25) is 0 Å². The Morgan fingerprint density at radius 1 is 1.73 bits per heavy atom. The second-order valence-electron chi connectivity index (χ2n) is 2.04. The van der Waals surface area contributed by atoms with Gasteiger partial charge < -0.3 is 10.5 Å². The lowest BCUT2D eigenvalue weighted by molar-refractivity contribution is -0.126. The number of carbonyl (C=O) groups is 2. The molecule has 2 amide bonds. The molecule has 1 rings (SSSR count). The zero-order valence-electron chi connectivity index (χ0n) is 5.82. The van der Waals surface area contributed by atoms with Crippen molar-refractivity contribution in [3.05, 3.63) is 12.7 Å². The minimum Gasteiger partial charge on any atom is -0.439 e. The van der Waals surface area contributed by atoms with E-state index in [0.717, 1.165) is 4.90 Å². The highest BCUT2D eigenvalue weighted by Gasteiger charge is 2.33. The predicted octanol–water partition coefficient (Wildman–Crippen LogP) is -0.564.